The van der Waals surface area contributed by atoms with E-state index in [2.05, 4.69) is 24.1 Å². The van der Waals surface area contributed by atoms with Crippen LogP contribution in [-0.2, 0) is 0 Å². The quantitative estimate of drug-likeness (QED) is 0.850. The fourth-order valence-corrected chi connectivity index (χ4v) is 3.02. The van der Waals surface area contributed by atoms with E-state index < -0.39 is 0 Å². The molecule has 94 valence electrons. The number of amides is 1. The Balaban J connectivity index is 1.95. The molecule has 1 fully saturated rings. The van der Waals surface area contributed by atoms with E-state index in [9.17, 15) is 4.79 Å². The number of aromatic nitrogens is 1. The highest BCUT2D eigenvalue weighted by Crippen LogP contribution is 2.35. The van der Waals surface area contributed by atoms with Crippen molar-refractivity contribution in [3.8, 4) is 0 Å². The molecular formula is C12H19N3OS. The lowest BCUT2D eigenvalue weighted by atomic mass is 9.75. The lowest BCUT2D eigenvalue weighted by molar-refractivity contribution is 0.0898. The van der Waals surface area contributed by atoms with E-state index in [0.717, 1.165) is 12.8 Å². The van der Waals surface area contributed by atoms with E-state index in [4.69, 9.17) is 5.73 Å². The SMILES string of the molecule is CC1(C)CCCC(NC(=O)c2csc(N)n2)C1. The molecule has 4 nitrogen and oxygen atoms in total. The highest BCUT2D eigenvalue weighted by molar-refractivity contribution is 7.13. The summed E-state index contributed by atoms with van der Waals surface area (Å²) >= 11 is 1.30. The van der Waals surface area contributed by atoms with Crippen LogP contribution in [0.15, 0.2) is 5.38 Å². The molecule has 17 heavy (non-hydrogen) atoms. The molecular weight excluding hydrogens is 234 g/mol. The standard InChI is InChI=1S/C12H19N3OS/c1-12(2)5-3-4-8(6-12)14-10(16)9-7-17-11(13)15-9/h7-8H,3-6H2,1-2H3,(H2,13,15)(H,14,16). The third-order valence-corrected chi connectivity index (χ3v) is 3.97. The van der Waals surface area contributed by atoms with Crippen LogP contribution >= 0.6 is 11.3 Å². The van der Waals surface area contributed by atoms with Gasteiger partial charge >= 0.3 is 0 Å². The summed E-state index contributed by atoms with van der Waals surface area (Å²) in [5, 5.41) is 5.20. The molecule has 1 heterocycles. The van der Waals surface area contributed by atoms with Crippen molar-refractivity contribution in [2.45, 2.75) is 45.6 Å². The van der Waals surface area contributed by atoms with Crippen LogP contribution in [0.2, 0.25) is 0 Å². The van der Waals surface area contributed by atoms with Gasteiger partial charge in [-0.2, -0.15) is 0 Å². The topological polar surface area (TPSA) is 68.0 Å². The zero-order valence-corrected chi connectivity index (χ0v) is 11.1. The smallest absolute Gasteiger partial charge is 0.271 e. The van der Waals surface area contributed by atoms with Gasteiger partial charge in [-0.05, 0) is 24.7 Å². The van der Waals surface area contributed by atoms with Gasteiger partial charge in [-0.3, -0.25) is 4.79 Å². The van der Waals surface area contributed by atoms with Crippen LogP contribution in [0.1, 0.15) is 50.0 Å². The number of anilines is 1. The number of rotatable bonds is 2. The zero-order valence-electron chi connectivity index (χ0n) is 10.3. The number of hydrogen-bond donors (Lipinski definition) is 2. The third-order valence-electron chi connectivity index (χ3n) is 3.29. The number of nitrogens with zero attached hydrogens (tertiary/aromatic N) is 1. The average Bonchev–Trinajstić information content (AvgIpc) is 2.63. The Hall–Kier alpha value is -1.10. The van der Waals surface area contributed by atoms with Gasteiger partial charge in [0.2, 0.25) is 0 Å². The number of hydrogen-bond acceptors (Lipinski definition) is 4. The predicted octanol–water partition coefficient (Wildman–Crippen LogP) is 2.42. The summed E-state index contributed by atoms with van der Waals surface area (Å²) in [4.78, 5) is 15.9. The monoisotopic (exact) mass is 253 g/mol. The van der Waals surface area contributed by atoms with Gasteiger partial charge in [-0.15, -0.1) is 11.3 Å². The third kappa shape index (κ3) is 3.19. The van der Waals surface area contributed by atoms with Crippen molar-refractivity contribution in [1.82, 2.24) is 10.3 Å². The molecule has 1 atom stereocenters. The maximum absolute atomic E-state index is 11.9. The Bertz CT molecular complexity index is 414. The summed E-state index contributed by atoms with van der Waals surface area (Å²) in [6.07, 6.45) is 4.52. The van der Waals surface area contributed by atoms with Crippen molar-refractivity contribution in [2.75, 3.05) is 5.73 Å². The second-order valence-corrected chi connectivity index (χ2v) is 6.39. The number of nitrogens with two attached hydrogens (primary N) is 1. The summed E-state index contributed by atoms with van der Waals surface area (Å²) in [6, 6.07) is 0.272. The Morgan fingerprint density at radius 2 is 2.41 bits per heavy atom. The molecule has 2 rings (SSSR count). The van der Waals surface area contributed by atoms with Crippen LogP contribution in [0.5, 0.6) is 0 Å². The molecule has 1 saturated carbocycles. The minimum atomic E-state index is -0.0966. The average molecular weight is 253 g/mol. The van der Waals surface area contributed by atoms with Crippen LogP contribution in [0.4, 0.5) is 5.13 Å². The fourth-order valence-electron chi connectivity index (χ4n) is 2.47. The molecule has 1 aromatic heterocycles. The van der Waals surface area contributed by atoms with Crippen molar-refractivity contribution >= 4 is 22.4 Å². The maximum Gasteiger partial charge on any atom is 0.271 e. The van der Waals surface area contributed by atoms with E-state index in [1.807, 2.05) is 0 Å². The number of carbonyl (C=O) groups excluding carboxylic acids is 1. The molecule has 1 unspecified atom stereocenters. The van der Waals surface area contributed by atoms with Gasteiger partial charge in [-0.25, -0.2) is 4.98 Å². The summed E-state index contributed by atoms with van der Waals surface area (Å²) in [6.45, 7) is 4.51. The molecule has 0 aliphatic heterocycles. The lowest BCUT2D eigenvalue weighted by Crippen LogP contribution is -2.40. The molecule has 0 saturated heterocycles. The van der Waals surface area contributed by atoms with E-state index in [-0.39, 0.29) is 11.9 Å². The van der Waals surface area contributed by atoms with E-state index in [1.54, 1.807) is 5.38 Å². The number of thiazole rings is 1. The van der Waals surface area contributed by atoms with Gasteiger partial charge in [-0.1, -0.05) is 20.3 Å². The Kier molecular flexibility index (Phi) is 3.38. The minimum absolute atomic E-state index is 0.0966. The molecule has 0 aromatic carbocycles. The molecule has 1 aromatic rings. The normalized spacial score (nSPS) is 23.3. The molecule has 1 aliphatic carbocycles. The Morgan fingerprint density at radius 1 is 1.65 bits per heavy atom. The first-order valence-electron chi connectivity index (χ1n) is 5.98. The minimum Gasteiger partial charge on any atom is -0.375 e. The van der Waals surface area contributed by atoms with Gasteiger partial charge in [0.25, 0.3) is 5.91 Å². The molecule has 0 spiro atoms. The largest absolute Gasteiger partial charge is 0.375 e. The van der Waals surface area contributed by atoms with E-state index >= 15 is 0 Å². The molecule has 1 amide bonds. The number of nitrogen functional groups attached to an aromatic ring is 1. The van der Waals surface area contributed by atoms with Crippen LogP contribution in [0, 0.1) is 5.41 Å². The van der Waals surface area contributed by atoms with Gasteiger partial charge < -0.3 is 11.1 Å². The zero-order chi connectivity index (χ0) is 12.5. The molecule has 0 bridgehead atoms. The summed E-state index contributed by atoms with van der Waals surface area (Å²) in [5.41, 5.74) is 6.29. The lowest BCUT2D eigenvalue weighted by Gasteiger charge is -2.35. The Morgan fingerprint density at radius 3 is 3.00 bits per heavy atom. The number of nitrogens with one attached hydrogen (secondary N) is 1. The first kappa shape index (κ1) is 12.4. The van der Waals surface area contributed by atoms with E-state index in [1.165, 1.54) is 24.2 Å². The highest BCUT2D eigenvalue weighted by Gasteiger charge is 2.29. The van der Waals surface area contributed by atoms with Crippen LogP contribution in [0.25, 0.3) is 0 Å². The van der Waals surface area contributed by atoms with Gasteiger partial charge in [0.05, 0.1) is 0 Å². The first-order valence-corrected chi connectivity index (χ1v) is 6.86. The Labute approximate surface area is 106 Å². The van der Waals surface area contributed by atoms with Crippen molar-refractivity contribution < 1.29 is 4.79 Å². The molecule has 0 radical (unpaired) electrons. The second kappa shape index (κ2) is 4.64. The van der Waals surface area contributed by atoms with E-state index in [0.29, 0.717) is 16.2 Å². The van der Waals surface area contributed by atoms with Crippen molar-refractivity contribution in [2.24, 2.45) is 5.41 Å². The fraction of sp³-hybridized carbons (Fsp3) is 0.667. The summed E-state index contributed by atoms with van der Waals surface area (Å²) < 4.78 is 0. The van der Waals surface area contributed by atoms with Crippen molar-refractivity contribution in [1.29, 1.82) is 0 Å². The highest BCUT2D eigenvalue weighted by atomic mass is 32.1. The van der Waals surface area contributed by atoms with Crippen LogP contribution in [0.3, 0.4) is 0 Å². The maximum atomic E-state index is 11.9. The molecule has 3 N–H and O–H groups in total. The van der Waals surface area contributed by atoms with Crippen LogP contribution < -0.4 is 11.1 Å². The first-order chi connectivity index (χ1) is 7.96. The number of carbonyl (C=O) groups is 1. The van der Waals surface area contributed by atoms with Gasteiger partial charge in [0.1, 0.15) is 5.69 Å². The van der Waals surface area contributed by atoms with Crippen LogP contribution in [-0.4, -0.2) is 16.9 Å². The molecule has 1 aliphatic rings. The second-order valence-electron chi connectivity index (χ2n) is 5.50. The van der Waals surface area contributed by atoms with Gasteiger partial charge in [0.15, 0.2) is 5.13 Å². The van der Waals surface area contributed by atoms with Crippen molar-refractivity contribution in [3.63, 3.8) is 0 Å². The predicted molar refractivity (Wildman–Crippen MR) is 70.0 cm³/mol. The van der Waals surface area contributed by atoms with Gasteiger partial charge in [0, 0.05) is 11.4 Å². The van der Waals surface area contributed by atoms with Crippen molar-refractivity contribution in [3.05, 3.63) is 11.1 Å². The molecule has 5 heteroatoms. The summed E-state index contributed by atoms with van der Waals surface area (Å²) in [5.74, 6) is -0.0966. The summed E-state index contributed by atoms with van der Waals surface area (Å²) in [7, 11) is 0.